The van der Waals surface area contributed by atoms with Gasteiger partial charge in [0.25, 0.3) is 5.56 Å². The van der Waals surface area contributed by atoms with Crippen LogP contribution < -0.4 is 15.0 Å². The average Bonchev–Trinajstić information content (AvgIpc) is 2.93. The first-order valence-corrected chi connectivity index (χ1v) is 15.7. The largest absolute Gasteiger partial charge is 0.493 e. The summed E-state index contributed by atoms with van der Waals surface area (Å²) in [5.41, 5.74) is 2.27. The van der Waals surface area contributed by atoms with Gasteiger partial charge in [0.1, 0.15) is 12.4 Å². The molecule has 10 heteroatoms. The van der Waals surface area contributed by atoms with Gasteiger partial charge in [0.15, 0.2) is 11.5 Å². The number of ether oxygens (including phenoxy) is 2. The van der Waals surface area contributed by atoms with Crippen molar-refractivity contribution in [3.63, 3.8) is 0 Å². The minimum atomic E-state index is -0.179. The van der Waals surface area contributed by atoms with Crippen LogP contribution in [-0.2, 0) is 6.61 Å². The number of halogens is 4. The van der Waals surface area contributed by atoms with Gasteiger partial charge in [-0.25, -0.2) is 4.98 Å². The van der Waals surface area contributed by atoms with Crippen LogP contribution >= 0.6 is 63.7 Å². The summed E-state index contributed by atoms with van der Waals surface area (Å²) in [5, 5.41) is 5.20. The predicted octanol–water partition coefficient (Wildman–Crippen LogP) is 8.96. The molecule has 202 valence electrons. The van der Waals surface area contributed by atoms with Gasteiger partial charge in [-0.15, -0.1) is 0 Å². The van der Waals surface area contributed by atoms with Gasteiger partial charge in [-0.05, 0) is 71.2 Å². The lowest BCUT2D eigenvalue weighted by molar-refractivity contribution is 0.283. The van der Waals surface area contributed by atoms with E-state index >= 15 is 0 Å². The number of methoxy groups -OCH3 is 1. The van der Waals surface area contributed by atoms with Crippen LogP contribution in [0.15, 0.2) is 76.3 Å². The molecule has 1 fully saturated rings. The molecular formula is C29H25Br4N3O3. The van der Waals surface area contributed by atoms with E-state index in [0.717, 1.165) is 54.7 Å². The molecule has 39 heavy (non-hydrogen) atoms. The topological polar surface area (TPSA) is 65.7 Å². The van der Waals surface area contributed by atoms with Crippen molar-refractivity contribution in [3.05, 3.63) is 93.7 Å². The molecule has 1 heterocycles. The van der Waals surface area contributed by atoms with Gasteiger partial charge in [0.2, 0.25) is 0 Å². The fourth-order valence-electron chi connectivity index (χ4n) is 4.74. The third-order valence-corrected chi connectivity index (χ3v) is 9.21. The Bertz CT molecular complexity index is 1610. The van der Waals surface area contributed by atoms with E-state index in [4.69, 9.17) is 14.5 Å². The van der Waals surface area contributed by atoms with E-state index in [1.54, 1.807) is 19.4 Å². The Kier molecular flexibility index (Phi) is 9.26. The second-order valence-corrected chi connectivity index (χ2v) is 12.9. The van der Waals surface area contributed by atoms with E-state index in [1.807, 2.05) is 42.5 Å². The van der Waals surface area contributed by atoms with Crippen molar-refractivity contribution in [1.29, 1.82) is 0 Å². The molecule has 0 N–H and O–H groups in total. The van der Waals surface area contributed by atoms with Gasteiger partial charge in [0, 0.05) is 34.9 Å². The smallest absolute Gasteiger partial charge is 0.282 e. The van der Waals surface area contributed by atoms with Gasteiger partial charge in [-0.3, -0.25) is 4.79 Å². The lowest BCUT2D eigenvalue weighted by atomic mass is 9.88. The Morgan fingerprint density at radius 3 is 2.44 bits per heavy atom. The number of fused-ring (bicyclic) bond motifs is 1. The monoisotopic (exact) mass is 779 g/mol. The van der Waals surface area contributed by atoms with Gasteiger partial charge >= 0.3 is 0 Å². The SMILES string of the molecule is COc1cc(C=Nn2c(C3CCCCC3)nc3ccc(Br)cc3c2=O)c(Br)cc1OCc1ccc(Br)cc1Br. The molecule has 3 aromatic carbocycles. The summed E-state index contributed by atoms with van der Waals surface area (Å²) < 4.78 is 16.7. The predicted molar refractivity (Wildman–Crippen MR) is 169 cm³/mol. The summed E-state index contributed by atoms with van der Waals surface area (Å²) in [6, 6.07) is 15.2. The minimum absolute atomic E-state index is 0.179. The average molecular weight is 783 g/mol. The zero-order chi connectivity index (χ0) is 27.5. The van der Waals surface area contributed by atoms with E-state index in [1.165, 1.54) is 11.1 Å². The van der Waals surface area contributed by atoms with Crippen LogP contribution in [0.1, 0.15) is 55.0 Å². The molecule has 4 aromatic rings. The second kappa shape index (κ2) is 12.7. The zero-order valence-electron chi connectivity index (χ0n) is 21.1. The van der Waals surface area contributed by atoms with Crippen LogP contribution in [-0.4, -0.2) is 23.0 Å². The summed E-state index contributed by atoms with van der Waals surface area (Å²) in [7, 11) is 1.60. The highest BCUT2D eigenvalue weighted by Crippen LogP contribution is 2.35. The Morgan fingerprint density at radius 2 is 1.69 bits per heavy atom. The van der Waals surface area contributed by atoms with Crippen LogP contribution in [0.5, 0.6) is 11.5 Å². The fourth-order valence-corrected chi connectivity index (χ4v) is 6.69. The van der Waals surface area contributed by atoms with Crippen molar-refractivity contribution in [2.24, 2.45) is 5.10 Å². The van der Waals surface area contributed by atoms with Crippen molar-refractivity contribution in [2.75, 3.05) is 7.11 Å². The third-order valence-electron chi connectivity index (χ3n) is 6.80. The number of hydrogen-bond donors (Lipinski definition) is 0. The number of hydrogen-bond acceptors (Lipinski definition) is 5. The molecule has 0 atom stereocenters. The molecule has 5 rings (SSSR count). The Balaban J connectivity index is 1.49. The second-order valence-electron chi connectivity index (χ2n) is 9.38. The highest BCUT2D eigenvalue weighted by molar-refractivity contribution is 9.11. The van der Waals surface area contributed by atoms with E-state index in [-0.39, 0.29) is 11.5 Å². The molecule has 0 aliphatic heterocycles. The standard InChI is InChI=1S/C29H25Br4N3O3/c1-38-26-11-19(24(33)14-27(26)39-16-18-7-8-21(31)13-23(18)32)15-34-36-28(17-5-3-2-4-6-17)35-25-10-9-20(30)12-22(25)29(36)37/h7-15,17H,2-6,16H2,1H3. The van der Waals surface area contributed by atoms with Crippen molar-refractivity contribution < 1.29 is 9.47 Å². The number of aromatic nitrogens is 2. The molecule has 6 nitrogen and oxygen atoms in total. The molecule has 0 unspecified atom stereocenters. The van der Waals surface area contributed by atoms with E-state index in [2.05, 4.69) is 68.8 Å². The van der Waals surface area contributed by atoms with Crippen molar-refractivity contribution in [1.82, 2.24) is 9.66 Å². The maximum Gasteiger partial charge on any atom is 0.282 e. The van der Waals surface area contributed by atoms with Gasteiger partial charge in [0.05, 0.1) is 24.2 Å². The van der Waals surface area contributed by atoms with Crippen LogP contribution in [0.2, 0.25) is 0 Å². The first-order chi connectivity index (χ1) is 18.8. The molecule has 0 bridgehead atoms. The maximum atomic E-state index is 13.6. The zero-order valence-corrected chi connectivity index (χ0v) is 27.4. The fraction of sp³-hybridized carbons (Fsp3) is 0.276. The Morgan fingerprint density at radius 1 is 0.949 bits per heavy atom. The highest BCUT2D eigenvalue weighted by atomic mass is 79.9. The normalized spacial score (nSPS) is 14.3. The van der Waals surface area contributed by atoms with E-state index < -0.39 is 0 Å². The van der Waals surface area contributed by atoms with Crippen molar-refractivity contribution in [3.8, 4) is 11.5 Å². The maximum absolute atomic E-state index is 13.6. The molecule has 0 saturated heterocycles. The molecule has 1 aromatic heterocycles. The van der Waals surface area contributed by atoms with Crippen molar-refractivity contribution >= 4 is 80.8 Å². The van der Waals surface area contributed by atoms with Gasteiger partial charge < -0.3 is 9.47 Å². The van der Waals surface area contributed by atoms with Gasteiger partial charge in [-0.2, -0.15) is 9.78 Å². The lowest BCUT2D eigenvalue weighted by Gasteiger charge is -2.22. The Hall–Kier alpha value is -2.01. The lowest BCUT2D eigenvalue weighted by Crippen LogP contribution is -2.25. The molecule has 0 spiro atoms. The molecule has 0 radical (unpaired) electrons. The third kappa shape index (κ3) is 6.50. The number of benzene rings is 3. The Labute approximate surface area is 260 Å². The molecular weight excluding hydrogens is 758 g/mol. The summed E-state index contributed by atoms with van der Waals surface area (Å²) in [4.78, 5) is 18.5. The van der Waals surface area contributed by atoms with Crippen LogP contribution in [0.4, 0.5) is 0 Å². The summed E-state index contributed by atoms with van der Waals surface area (Å²) in [6.45, 7) is 0.364. The van der Waals surface area contributed by atoms with Gasteiger partial charge in [-0.1, -0.05) is 73.1 Å². The van der Waals surface area contributed by atoms with Crippen LogP contribution in [0, 0.1) is 0 Å². The summed E-state index contributed by atoms with van der Waals surface area (Å²) >= 11 is 14.2. The van der Waals surface area contributed by atoms with E-state index in [9.17, 15) is 4.79 Å². The van der Waals surface area contributed by atoms with E-state index in [0.29, 0.717) is 34.8 Å². The summed E-state index contributed by atoms with van der Waals surface area (Å²) in [5.74, 6) is 2.07. The first-order valence-electron chi connectivity index (χ1n) is 12.5. The number of nitrogens with zero attached hydrogens (tertiary/aromatic N) is 3. The minimum Gasteiger partial charge on any atom is -0.493 e. The van der Waals surface area contributed by atoms with Crippen LogP contribution in [0.25, 0.3) is 10.9 Å². The highest BCUT2D eigenvalue weighted by Gasteiger charge is 2.22. The van der Waals surface area contributed by atoms with Crippen molar-refractivity contribution in [2.45, 2.75) is 44.6 Å². The summed E-state index contributed by atoms with van der Waals surface area (Å²) in [6.07, 6.45) is 7.14. The quantitative estimate of drug-likeness (QED) is 0.176. The first kappa shape index (κ1) is 28.5. The molecule has 1 aliphatic carbocycles. The number of rotatable bonds is 7. The molecule has 1 aliphatic rings. The van der Waals surface area contributed by atoms with Crippen LogP contribution in [0.3, 0.4) is 0 Å². The molecule has 0 amide bonds. The molecule has 1 saturated carbocycles.